The Morgan fingerprint density at radius 2 is 2.24 bits per heavy atom. The summed E-state index contributed by atoms with van der Waals surface area (Å²) < 4.78 is 0.223. The van der Waals surface area contributed by atoms with Crippen LogP contribution in [0.25, 0.3) is 0 Å². The number of hydrogen-bond donors (Lipinski definition) is 2. The monoisotopic (exact) mass is 271 g/mol. The molecule has 1 aromatic heterocycles. The van der Waals surface area contributed by atoms with Crippen LogP contribution in [0.5, 0.6) is 0 Å². The molecule has 17 heavy (non-hydrogen) atoms. The predicted molar refractivity (Wildman–Crippen MR) is 80.1 cm³/mol. The average Bonchev–Trinajstić information content (AvgIpc) is 2.82. The van der Waals surface area contributed by atoms with Crippen molar-refractivity contribution in [2.45, 2.75) is 25.1 Å². The molecule has 0 fully saturated rings. The zero-order valence-electron chi connectivity index (χ0n) is 10.9. The molecule has 1 aromatic rings. The van der Waals surface area contributed by atoms with Crippen molar-refractivity contribution in [2.24, 2.45) is 4.99 Å². The van der Waals surface area contributed by atoms with Gasteiger partial charge in [-0.2, -0.15) is 11.8 Å². The lowest BCUT2D eigenvalue weighted by atomic mass is 10.2. The second-order valence-corrected chi connectivity index (χ2v) is 6.87. The van der Waals surface area contributed by atoms with Crippen LogP contribution >= 0.6 is 23.1 Å². The minimum absolute atomic E-state index is 0.223. The van der Waals surface area contributed by atoms with Gasteiger partial charge in [-0.1, -0.05) is 6.07 Å². The summed E-state index contributed by atoms with van der Waals surface area (Å²) >= 11 is 3.61. The summed E-state index contributed by atoms with van der Waals surface area (Å²) in [5.41, 5.74) is 0. The highest BCUT2D eigenvalue weighted by Gasteiger charge is 2.15. The van der Waals surface area contributed by atoms with E-state index in [1.807, 2.05) is 11.8 Å². The second kappa shape index (κ2) is 6.91. The van der Waals surface area contributed by atoms with Crippen molar-refractivity contribution < 1.29 is 0 Å². The van der Waals surface area contributed by atoms with Crippen molar-refractivity contribution in [3.8, 4) is 0 Å². The quantitative estimate of drug-likeness (QED) is 0.638. The smallest absolute Gasteiger partial charge is 0.191 e. The van der Waals surface area contributed by atoms with Gasteiger partial charge in [0.2, 0.25) is 0 Å². The summed E-state index contributed by atoms with van der Waals surface area (Å²) in [7, 11) is 1.80. The highest BCUT2D eigenvalue weighted by molar-refractivity contribution is 7.99. The molecular formula is C12H21N3S2. The Balaban J connectivity index is 2.35. The average molecular weight is 271 g/mol. The normalized spacial score (nSPS) is 12.6. The van der Waals surface area contributed by atoms with Crippen LogP contribution in [0.15, 0.2) is 22.5 Å². The molecular weight excluding hydrogens is 250 g/mol. The Hall–Kier alpha value is -0.680. The molecule has 0 spiro atoms. The van der Waals surface area contributed by atoms with Gasteiger partial charge in [-0.25, -0.2) is 0 Å². The summed E-state index contributed by atoms with van der Waals surface area (Å²) in [6.45, 7) is 6.17. The van der Waals surface area contributed by atoms with E-state index in [4.69, 9.17) is 0 Å². The first kappa shape index (κ1) is 14.4. The number of thiophene rings is 1. The van der Waals surface area contributed by atoms with Crippen LogP contribution in [0.1, 0.15) is 18.7 Å². The van der Waals surface area contributed by atoms with E-state index in [1.165, 1.54) is 4.88 Å². The van der Waals surface area contributed by atoms with Gasteiger partial charge in [0.25, 0.3) is 0 Å². The van der Waals surface area contributed by atoms with Gasteiger partial charge in [0.05, 0.1) is 6.54 Å². The molecule has 2 N–H and O–H groups in total. The standard InChI is InChI=1S/C12H21N3S2/c1-12(2,16-4)9-15-11(13-3)14-8-10-6-5-7-17-10/h5-7H,8-9H2,1-4H3,(H2,13,14,15). The predicted octanol–water partition coefficient (Wildman–Crippen LogP) is 2.55. The van der Waals surface area contributed by atoms with Crippen LogP contribution in [0.2, 0.25) is 0 Å². The van der Waals surface area contributed by atoms with E-state index >= 15 is 0 Å². The maximum atomic E-state index is 4.21. The van der Waals surface area contributed by atoms with Gasteiger partial charge in [-0.3, -0.25) is 4.99 Å². The van der Waals surface area contributed by atoms with Crippen molar-refractivity contribution in [3.63, 3.8) is 0 Å². The minimum atomic E-state index is 0.223. The molecule has 0 aliphatic rings. The number of aliphatic imine (C=N–C) groups is 1. The number of rotatable bonds is 5. The fraction of sp³-hybridized carbons (Fsp3) is 0.583. The van der Waals surface area contributed by atoms with Crippen molar-refractivity contribution in [2.75, 3.05) is 19.8 Å². The van der Waals surface area contributed by atoms with Crippen molar-refractivity contribution in [1.29, 1.82) is 0 Å². The fourth-order valence-corrected chi connectivity index (χ4v) is 2.03. The number of nitrogens with one attached hydrogen (secondary N) is 2. The first-order valence-electron chi connectivity index (χ1n) is 5.59. The molecule has 1 rings (SSSR count). The molecule has 0 aliphatic carbocycles. The third-order valence-electron chi connectivity index (χ3n) is 2.47. The Labute approximate surface area is 112 Å². The lowest BCUT2D eigenvalue weighted by molar-refractivity contribution is 0.665. The summed E-state index contributed by atoms with van der Waals surface area (Å²) in [5, 5.41) is 8.74. The SMILES string of the molecule is CN=C(NCc1cccs1)NCC(C)(C)SC. The first-order chi connectivity index (χ1) is 8.07. The van der Waals surface area contributed by atoms with E-state index in [2.05, 4.69) is 53.2 Å². The molecule has 3 nitrogen and oxygen atoms in total. The second-order valence-electron chi connectivity index (χ2n) is 4.32. The van der Waals surface area contributed by atoms with Crippen LogP contribution in [0.3, 0.4) is 0 Å². The number of nitrogens with zero attached hydrogens (tertiary/aromatic N) is 1. The van der Waals surface area contributed by atoms with Crippen LogP contribution < -0.4 is 10.6 Å². The summed E-state index contributed by atoms with van der Waals surface area (Å²) in [6.07, 6.45) is 2.13. The summed E-state index contributed by atoms with van der Waals surface area (Å²) in [4.78, 5) is 5.53. The lowest BCUT2D eigenvalue weighted by Gasteiger charge is -2.23. The zero-order valence-corrected chi connectivity index (χ0v) is 12.5. The Bertz CT molecular complexity index is 345. The van der Waals surface area contributed by atoms with Gasteiger partial charge in [0, 0.05) is 23.2 Å². The lowest BCUT2D eigenvalue weighted by Crippen LogP contribution is -2.42. The Morgan fingerprint density at radius 1 is 1.47 bits per heavy atom. The fourth-order valence-electron chi connectivity index (χ4n) is 1.17. The van der Waals surface area contributed by atoms with Gasteiger partial charge >= 0.3 is 0 Å². The van der Waals surface area contributed by atoms with E-state index < -0.39 is 0 Å². The number of guanidine groups is 1. The molecule has 0 radical (unpaired) electrons. The van der Waals surface area contributed by atoms with Crippen LogP contribution in [0, 0.1) is 0 Å². The molecule has 0 amide bonds. The molecule has 0 aromatic carbocycles. The zero-order chi connectivity index (χ0) is 12.7. The highest BCUT2D eigenvalue weighted by atomic mass is 32.2. The van der Waals surface area contributed by atoms with Gasteiger partial charge in [0.15, 0.2) is 5.96 Å². The van der Waals surface area contributed by atoms with Crippen LogP contribution in [-0.4, -0.2) is 30.6 Å². The molecule has 0 atom stereocenters. The molecule has 1 heterocycles. The van der Waals surface area contributed by atoms with Crippen molar-refractivity contribution in [3.05, 3.63) is 22.4 Å². The molecule has 96 valence electrons. The van der Waals surface area contributed by atoms with Gasteiger partial charge in [-0.05, 0) is 31.5 Å². The number of hydrogen-bond acceptors (Lipinski definition) is 3. The van der Waals surface area contributed by atoms with E-state index in [1.54, 1.807) is 18.4 Å². The minimum Gasteiger partial charge on any atom is -0.355 e. The largest absolute Gasteiger partial charge is 0.355 e. The van der Waals surface area contributed by atoms with E-state index in [0.29, 0.717) is 0 Å². The number of thioether (sulfide) groups is 1. The third kappa shape index (κ3) is 5.46. The maximum Gasteiger partial charge on any atom is 0.191 e. The van der Waals surface area contributed by atoms with E-state index in [9.17, 15) is 0 Å². The maximum absolute atomic E-state index is 4.21. The summed E-state index contributed by atoms with van der Waals surface area (Å²) in [6, 6.07) is 4.19. The van der Waals surface area contributed by atoms with Crippen molar-refractivity contribution in [1.82, 2.24) is 10.6 Å². The van der Waals surface area contributed by atoms with Gasteiger partial charge in [-0.15, -0.1) is 11.3 Å². The molecule has 0 unspecified atom stereocenters. The highest BCUT2D eigenvalue weighted by Crippen LogP contribution is 2.19. The van der Waals surface area contributed by atoms with Crippen LogP contribution in [-0.2, 0) is 6.54 Å². The molecule has 5 heteroatoms. The van der Waals surface area contributed by atoms with Crippen LogP contribution in [0.4, 0.5) is 0 Å². The van der Waals surface area contributed by atoms with Gasteiger partial charge in [0.1, 0.15) is 0 Å². The third-order valence-corrected chi connectivity index (χ3v) is 4.59. The van der Waals surface area contributed by atoms with E-state index in [0.717, 1.165) is 19.0 Å². The van der Waals surface area contributed by atoms with Crippen molar-refractivity contribution >= 4 is 29.1 Å². The summed E-state index contributed by atoms with van der Waals surface area (Å²) in [5.74, 6) is 0.862. The topological polar surface area (TPSA) is 36.4 Å². The Kier molecular flexibility index (Phi) is 5.85. The molecule has 0 bridgehead atoms. The first-order valence-corrected chi connectivity index (χ1v) is 7.70. The van der Waals surface area contributed by atoms with Gasteiger partial charge < -0.3 is 10.6 Å². The molecule has 0 aliphatic heterocycles. The van der Waals surface area contributed by atoms with E-state index in [-0.39, 0.29) is 4.75 Å². The Morgan fingerprint density at radius 3 is 2.76 bits per heavy atom. The molecule has 0 saturated carbocycles. The molecule has 0 saturated heterocycles.